The quantitative estimate of drug-likeness (QED) is 0.865. The number of anilines is 1. The third kappa shape index (κ3) is 4.34. The van der Waals surface area contributed by atoms with Gasteiger partial charge in [0.2, 0.25) is 0 Å². The number of pyridine rings is 1. The molecule has 0 saturated carbocycles. The van der Waals surface area contributed by atoms with Gasteiger partial charge in [-0.1, -0.05) is 20.8 Å². The Morgan fingerprint density at radius 2 is 2.05 bits per heavy atom. The fourth-order valence-electron chi connectivity index (χ4n) is 2.92. The Labute approximate surface area is 133 Å². The number of carbonyl (C=O) groups excluding carboxylic acids is 1. The summed E-state index contributed by atoms with van der Waals surface area (Å²) in [6, 6.07) is 1.68. The van der Waals surface area contributed by atoms with Gasteiger partial charge < -0.3 is 10.6 Å². The Hall–Kier alpha value is -1.29. The van der Waals surface area contributed by atoms with E-state index in [1.54, 1.807) is 18.5 Å². The predicted octanol–water partition coefficient (Wildman–Crippen LogP) is 3.37. The molecule has 5 heteroatoms. The van der Waals surface area contributed by atoms with Crippen molar-refractivity contribution in [3.05, 3.63) is 24.0 Å². The lowest BCUT2D eigenvalue weighted by molar-refractivity contribution is 0.0756. The highest BCUT2D eigenvalue weighted by Gasteiger charge is 2.29. The lowest BCUT2D eigenvalue weighted by atomic mass is 9.77. The first-order chi connectivity index (χ1) is 9.39. The van der Waals surface area contributed by atoms with Gasteiger partial charge in [-0.2, -0.15) is 0 Å². The molecule has 118 valence electrons. The zero-order valence-corrected chi connectivity index (χ0v) is 13.9. The van der Waals surface area contributed by atoms with Crippen molar-refractivity contribution in [1.29, 1.82) is 0 Å². The first-order valence-electron chi connectivity index (χ1n) is 7.38. The molecule has 0 aromatic carbocycles. The first kappa shape index (κ1) is 17.8. The average molecular weight is 312 g/mol. The summed E-state index contributed by atoms with van der Waals surface area (Å²) in [5, 5.41) is 0. The van der Waals surface area contributed by atoms with Crippen molar-refractivity contribution in [3.8, 4) is 0 Å². The highest BCUT2D eigenvalue weighted by atomic mass is 35.5. The summed E-state index contributed by atoms with van der Waals surface area (Å²) < 4.78 is 0. The van der Waals surface area contributed by atoms with Gasteiger partial charge in [-0.25, -0.2) is 0 Å². The minimum absolute atomic E-state index is 0. The van der Waals surface area contributed by atoms with E-state index in [-0.39, 0.29) is 18.3 Å². The summed E-state index contributed by atoms with van der Waals surface area (Å²) in [6.45, 7) is 8.49. The number of halogens is 1. The number of hydrogen-bond donors (Lipinski definition) is 1. The topological polar surface area (TPSA) is 59.2 Å². The molecule has 1 aliphatic rings. The molecule has 2 rings (SSSR count). The Balaban J connectivity index is 0.00000220. The lowest BCUT2D eigenvalue weighted by Gasteiger charge is -2.29. The number of nitrogens with zero attached hydrogens (tertiary/aromatic N) is 2. The van der Waals surface area contributed by atoms with Gasteiger partial charge in [0.25, 0.3) is 5.91 Å². The lowest BCUT2D eigenvalue weighted by Crippen LogP contribution is -2.33. The van der Waals surface area contributed by atoms with E-state index in [9.17, 15) is 4.79 Å². The fraction of sp³-hybridized carbons (Fsp3) is 0.625. The van der Waals surface area contributed by atoms with Gasteiger partial charge in [0.1, 0.15) is 0 Å². The third-order valence-electron chi connectivity index (χ3n) is 4.33. The maximum Gasteiger partial charge on any atom is 0.257 e. The van der Waals surface area contributed by atoms with Crippen LogP contribution in [0.4, 0.5) is 5.69 Å². The molecule has 1 unspecified atom stereocenters. The molecule has 1 atom stereocenters. The summed E-state index contributed by atoms with van der Waals surface area (Å²) in [5.74, 6) is 0.691. The molecular weight excluding hydrogens is 286 g/mol. The zero-order valence-electron chi connectivity index (χ0n) is 13.1. The highest BCUT2D eigenvalue weighted by molar-refractivity contribution is 5.98. The van der Waals surface area contributed by atoms with E-state index >= 15 is 0 Å². The number of nitrogens with two attached hydrogens (primary N) is 1. The normalized spacial score (nSPS) is 19.6. The molecule has 1 aliphatic heterocycles. The standard InChI is InChI=1S/C16H25N3O.ClH/c1-16(2,3)12-5-4-9-19(10-7-12)15(20)13-11-18-8-6-14(13)17;/h6,8,11-12H,4-5,7,9-10H2,1-3H3,(H2,17,18);1H. The molecule has 21 heavy (non-hydrogen) atoms. The Morgan fingerprint density at radius 3 is 2.67 bits per heavy atom. The van der Waals surface area contributed by atoms with Crippen molar-refractivity contribution in [3.63, 3.8) is 0 Å². The molecule has 0 bridgehead atoms. The first-order valence-corrected chi connectivity index (χ1v) is 7.38. The molecule has 0 aliphatic carbocycles. The number of carbonyl (C=O) groups is 1. The fourth-order valence-corrected chi connectivity index (χ4v) is 2.92. The van der Waals surface area contributed by atoms with E-state index in [1.807, 2.05) is 4.90 Å². The van der Waals surface area contributed by atoms with Gasteiger partial charge in [-0.15, -0.1) is 12.4 Å². The molecule has 1 fully saturated rings. The average Bonchev–Trinajstić information content (AvgIpc) is 2.63. The van der Waals surface area contributed by atoms with E-state index in [1.165, 1.54) is 6.42 Å². The van der Waals surface area contributed by atoms with E-state index < -0.39 is 0 Å². The van der Waals surface area contributed by atoms with Crippen LogP contribution in [0.1, 0.15) is 50.4 Å². The molecule has 1 aromatic rings. The maximum absolute atomic E-state index is 12.5. The van der Waals surface area contributed by atoms with Crippen molar-refractivity contribution in [2.45, 2.75) is 40.0 Å². The van der Waals surface area contributed by atoms with Gasteiger partial charge in [0, 0.05) is 31.2 Å². The van der Waals surface area contributed by atoms with E-state index in [2.05, 4.69) is 25.8 Å². The van der Waals surface area contributed by atoms with Crippen LogP contribution in [0.15, 0.2) is 18.5 Å². The largest absolute Gasteiger partial charge is 0.398 e. The summed E-state index contributed by atoms with van der Waals surface area (Å²) in [4.78, 5) is 18.5. The van der Waals surface area contributed by atoms with Gasteiger partial charge in [-0.05, 0) is 36.7 Å². The molecular formula is C16H26ClN3O. The van der Waals surface area contributed by atoms with Crippen LogP contribution >= 0.6 is 12.4 Å². The Bertz CT molecular complexity index is 485. The Morgan fingerprint density at radius 1 is 1.33 bits per heavy atom. The van der Waals surface area contributed by atoms with Crippen LogP contribution in [0, 0.1) is 11.3 Å². The van der Waals surface area contributed by atoms with E-state index in [0.29, 0.717) is 22.6 Å². The number of amides is 1. The van der Waals surface area contributed by atoms with Gasteiger partial charge in [0.05, 0.1) is 5.56 Å². The minimum atomic E-state index is 0. The van der Waals surface area contributed by atoms with Crippen molar-refractivity contribution in [1.82, 2.24) is 9.88 Å². The van der Waals surface area contributed by atoms with Crippen LogP contribution in [0.3, 0.4) is 0 Å². The van der Waals surface area contributed by atoms with Gasteiger partial charge >= 0.3 is 0 Å². The van der Waals surface area contributed by atoms with Crippen molar-refractivity contribution >= 4 is 24.0 Å². The SMILES string of the molecule is CC(C)(C)C1CCCN(C(=O)c2cnccc2N)CC1.Cl. The van der Waals surface area contributed by atoms with Crippen LogP contribution in [0.5, 0.6) is 0 Å². The molecule has 1 amide bonds. The number of nitrogen functional groups attached to an aromatic ring is 1. The van der Waals surface area contributed by atoms with Crippen molar-refractivity contribution < 1.29 is 4.79 Å². The molecule has 4 nitrogen and oxygen atoms in total. The second-order valence-corrected chi connectivity index (χ2v) is 6.75. The molecule has 2 N–H and O–H groups in total. The molecule has 0 radical (unpaired) electrons. The summed E-state index contributed by atoms with van der Waals surface area (Å²) >= 11 is 0. The monoisotopic (exact) mass is 311 g/mol. The van der Waals surface area contributed by atoms with Crippen LogP contribution in [0.2, 0.25) is 0 Å². The number of rotatable bonds is 1. The number of aromatic nitrogens is 1. The van der Waals surface area contributed by atoms with Crippen LogP contribution in [-0.4, -0.2) is 28.9 Å². The zero-order chi connectivity index (χ0) is 14.8. The maximum atomic E-state index is 12.5. The van der Waals surface area contributed by atoms with Crippen molar-refractivity contribution in [2.75, 3.05) is 18.8 Å². The third-order valence-corrected chi connectivity index (χ3v) is 4.33. The summed E-state index contributed by atoms with van der Waals surface area (Å²) in [6.07, 6.45) is 6.51. The van der Waals surface area contributed by atoms with Gasteiger partial charge in [-0.3, -0.25) is 9.78 Å². The van der Waals surface area contributed by atoms with Crippen molar-refractivity contribution in [2.24, 2.45) is 11.3 Å². The predicted molar refractivity (Wildman–Crippen MR) is 88.6 cm³/mol. The minimum Gasteiger partial charge on any atom is -0.398 e. The highest BCUT2D eigenvalue weighted by Crippen LogP contribution is 2.34. The number of hydrogen-bond acceptors (Lipinski definition) is 3. The van der Waals surface area contributed by atoms with Crippen LogP contribution in [0.25, 0.3) is 0 Å². The summed E-state index contributed by atoms with van der Waals surface area (Å²) in [7, 11) is 0. The second-order valence-electron chi connectivity index (χ2n) is 6.75. The van der Waals surface area contributed by atoms with Gasteiger partial charge in [0.15, 0.2) is 0 Å². The van der Waals surface area contributed by atoms with E-state index in [4.69, 9.17) is 5.73 Å². The van der Waals surface area contributed by atoms with Crippen LogP contribution < -0.4 is 5.73 Å². The molecule has 1 aromatic heterocycles. The number of likely N-dealkylation sites (tertiary alicyclic amines) is 1. The molecule has 2 heterocycles. The smallest absolute Gasteiger partial charge is 0.257 e. The molecule has 1 saturated heterocycles. The molecule has 0 spiro atoms. The van der Waals surface area contributed by atoms with E-state index in [0.717, 1.165) is 25.9 Å². The summed E-state index contributed by atoms with van der Waals surface area (Å²) in [5.41, 5.74) is 7.23. The van der Waals surface area contributed by atoms with Crippen LogP contribution in [-0.2, 0) is 0 Å². The second kappa shape index (κ2) is 7.12. The Kier molecular flexibility index (Phi) is 6.02.